The van der Waals surface area contributed by atoms with Gasteiger partial charge >= 0.3 is 0 Å². The fourth-order valence-corrected chi connectivity index (χ4v) is 9.63. The van der Waals surface area contributed by atoms with E-state index in [2.05, 4.69) is 115 Å². The van der Waals surface area contributed by atoms with Gasteiger partial charge in [-0.25, -0.2) is 19.9 Å². The van der Waals surface area contributed by atoms with Gasteiger partial charge in [-0.15, -0.1) is 22.7 Å². The van der Waals surface area contributed by atoms with Crippen LogP contribution < -0.4 is 0 Å². The summed E-state index contributed by atoms with van der Waals surface area (Å²) in [6, 6.07) is 54.6. The highest BCUT2D eigenvalue weighted by Gasteiger charge is 2.19. The van der Waals surface area contributed by atoms with Gasteiger partial charge in [0.2, 0.25) is 5.89 Å². The fraction of sp³-hybridized carbons (Fsp3) is 0. The summed E-state index contributed by atoms with van der Waals surface area (Å²) >= 11 is 3.60. The van der Waals surface area contributed by atoms with Crippen molar-refractivity contribution < 1.29 is 4.42 Å². The molecular formula is C46H26N4OS2. The molecule has 0 bridgehead atoms. The van der Waals surface area contributed by atoms with Crippen molar-refractivity contribution in [2.45, 2.75) is 0 Å². The van der Waals surface area contributed by atoms with Gasteiger partial charge in [0.05, 0.1) is 0 Å². The van der Waals surface area contributed by atoms with Crippen molar-refractivity contribution in [3.8, 4) is 56.7 Å². The van der Waals surface area contributed by atoms with E-state index in [-0.39, 0.29) is 0 Å². The first-order chi connectivity index (χ1) is 26.2. The molecule has 0 saturated heterocycles. The van der Waals surface area contributed by atoms with Gasteiger partial charge in [-0.3, -0.25) is 0 Å². The molecule has 0 aliphatic carbocycles. The molecule has 5 nitrogen and oxygen atoms in total. The van der Waals surface area contributed by atoms with E-state index < -0.39 is 0 Å². The van der Waals surface area contributed by atoms with E-state index in [1.165, 1.54) is 30.4 Å². The number of nitrogens with zero attached hydrogens (tertiary/aromatic N) is 4. The topological polar surface area (TPSA) is 64.7 Å². The summed E-state index contributed by atoms with van der Waals surface area (Å²) in [5, 5.41) is 4.78. The molecule has 0 spiro atoms. The van der Waals surface area contributed by atoms with Crippen LogP contribution in [0.25, 0.3) is 108 Å². The molecule has 4 aromatic heterocycles. The summed E-state index contributed by atoms with van der Waals surface area (Å²) in [5.74, 6) is 2.49. The van der Waals surface area contributed by atoms with Crippen LogP contribution in [0.2, 0.25) is 0 Å². The van der Waals surface area contributed by atoms with Crippen LogP contribution in [0, 0.1) is 0 Å². The number of aromatic nitrogens is 4. The predicted octanol–water partition coefficient (Wildman–Crippen LogP) is 13.1. The second-order valence-electron chi connectivity index (χ2n) is 13.0. The molecule has 0 aliphatic heterocycles. The first kappa shape index (κ1) is 30.1. The number of para-hydroxylation sites is 2. The third-order valence-electron chi connectivity index (χ3n) is 9.78. The lowest BCUT2D eigenvalue weighted by Crippen LogP contribution is -2.00. The molecule has 0 radical (unpaired) electrons. The van der Waals surface area contributed by atoms with E-state index in [9.17, 15) is 0 Å². The molecule has 0 saturated carbocycles. The highest BCUT2D eigenvalue weighted by atomic mass is 32.1. The molecule has 0 unspecified atom stereocenters. The summed E-state index contributed by atoms with van der Waals surface area (Å²) < 4.78 is 11.1. The van der Waals surface area contributed by atoms with Crippen molar-refractivity contribution in [3.63, 3.8) is 0 Å². The van der Waals surface area contributed by atoms with Crippen LogP contribution in [-0.2, 0) is 0 Å². The molecule has 7 heteroatoms. The monoisotopic (exact) mass is 714 g/mol. The summed E-state index contributed by atoms with van der Waals surface area (Å²) in [5.41, 5.74) is 7.69. The van der Waals surface area contributed by atoms with Crippen LogP contribution in [0.5, 0.6) is 0 Å². The quantitative estimate of drug-likeness (QED) is 0.178. The third-order valence-corrected chi connectivity index (χ3v) is 12.1. The Hall–Kier alpha value is -6.54. The van der Waals surface area contributed by atoms with E-state index in [0.29, 0.717) is 23.4 Å². The Kier molecular flexibility index (Phi) is 6.83. The Labute approximate surface area is 311 Å². The zero-order chi connectivity index (χ0) is 34.9. The molecule has 0 N–H and O–H groups in total. The smallest absolute Gasteiger partial charge is 0.227 e. The molecule has 11 rings (SSSR count). The van der Waals surface area contributed by atoms with E-state index >= 15 is 0 Å². The Morgan fingerprint density at radius 1 is 0.396 bits per heavy atom. The SMILES string of the molecule is c1ccc(-c2nc(-c3cccc(-c4cccc5c4sc4ccccc45)c3)nc(-c3cccc4sc5ccc(-c6nc7ccccc7o6)cc5c34)n2)cc1. The van der Waals surface area contributed by atoms with Gasteiger partial charge in [0.15, 0.2) is 23.1 Å². The fourth-order valence-electron chi connectivity index (χ4n) is 7.28. The van der Waals surface area contributed by atoms with Gasteiger partial charge < -0.3 is 4.42 Å². The van der Waals surface area contributed by atoms with Gasteiger partial charge in [0.25, 0.3) is 0 Å². The number of fused-ring (bicyclic) bond motifs is 7. The maximum Gasteiger partial charge on any atom is 0.227 e. The summed E-state index contributed by atoms with van der Waals surface area (Å²) in [4.78, 5) is 20.3. The number of thiophene rings is 2. The van der Waals surface area contributed by atoms with Gasteiger partial charge in [-0.2, -0.15) is 0 Å². The second-order valence-corrected chi connectivity index (χ2v) is 15.1. The van der Waals surface area contributed by atoms with Crippen molar-refractivity contribution in [1.82, 2.24) is 19.9 Å². The maximum atomic E-state index is 6.18. The first-order valence-electron chi connectivity index (χ1n) is 17.4. The average Bonchev–Trinajstić information content (AvgIpc) is 3.94. The van der Waals surface area contributed by atoms with Gasteiger partial charge in [-0.1, -0.05) is 109 Å². The molecule has 0 atom stereocenters. The lowest BCUT2D eigenvalue weighted by molar-refractivity contribution is 0.620. The zero-order valence-corrected chi connectivity index (χ0v) is 29.7. The molecule has 7 aromatic carbocycles. The van der Waals surface area contributed by atoms with Gasteiger partial charge in [0, 0.05) is 62.6 Å². The molecule has 11 aromatic rings. The maximum absolute atomic E-state index is 6.18. The normalized spacial score (nSPS) is 11.8. The molecule has 4 heterocycles. The van der Waals surface area contributed by atoms with E-state index in [1.54, 1.807) is 11.3 Å². The van der Waals surface area contributed by atoms with E-state index in [0.717, 1.165) is 54.4 Å². The van der Waals surface area contributed by atoms with E-state index in [1.807, 2.05) is 53.8 Å². The van der Waals surface area contributed by atoms with Crippen LogP contribution >= 0.6 is 22.7 Å². The van der Waals surface area contributed by atoms with Crippen LogP contribution in [0.1, 0.15) is 0 Å². The second kappa shape index (κ2) is 12.0. The Morgan fingerprint density at radius 2 is 1.08 bits per heavy atom. The predicted molar refractivity (Wildman–Crippen MR) is 220 cm³/mol. The average molecular weight is 715 g/mol. The van der Waals surface area contributed by atoms with Crippen LogP contribution in [0.3, 0.4) is 0 Å². The Morgan fingerprint density at radius 3 is 2.00 bits per heavy atom. The number of rotatable bonds is 5. The lowest BCUT2D eigenvalue weighted by atomic mass is 10.0. The van der Waals surface area contributed by atoms with Crippen LogP contribution in [0.15, 0.2) is 162 Å². The van der Waals surface area contributed by atoms with Crippen molar-refractivity contribution >= 4 is 74.1 Å². The number of benzene rings is 7. The molecule has 0 aliphatic rings. The van der Waals surface area contributed by atoms with Crippen LogP contribution in [0.4, 0.5) is 0 Å². The number of hydrogen-bond donors (Lipinski definition) is 0. The first-order valence-corrected chi connectivity index (χ1v) is 19.0. The standard InChI is InChI=1S/C46H26N4OS2/c1-2-11-27(12-3-1)43-48-44(29-14-8-13-28(25-29)31-16-9-17-33-32-15-4-7-21-38(32)53-42(31)33)50-45(49-43)34-18-10-22-40-41(34)35-26-30(23-24-39(35)52-40)46-47-36-19-5-6-20-37(36)51-46/h1-26H. The minimum atomic E-state index is 0.602. The molecule has 0 fully saturated rings. The molecule has 248 valence electrons. The zero-order valence-electron chi connectivity index (χ0n) is 28.0. The summed E-state index contributed by atoms with van der Waals surface area (Å²) in [6.07, 6.45) is 0. The van der Waals surface area contributed by atoms with Gasteiger partial charge in [-0.05, 0) is 59.7 Å². The highest BCUT2D eigenvalue weighted by molar-refractivity contribution is 7.26. The molecule has 0 amide bonds. The van der Waals surface area contributed by atoms with Gasteiger partial charge in [0.1, 0.15) is 5.52 Å². The molecule has 53 heavy (non-hydrogen) atoms. The minimum Gasteiger partial charge on any atom is -0.436 e. The minimum absolute atomic E-state index is 0.602. The third kappa shape index (κ3) is 5.04. The number of hydrogen-bond acceptors (Lipinski definition) is 7. The highest BCUT2D eigenvalue weighted by Crippen LogP contribution is 2.43. The summed E-state index contributed by atoms with van der Waals surface area (Å²) in [6.45, 7) is 0. The number of oxazole rings is 1. The lowest BCUT2D eigenvalue weighted by Gasteiger charge is -2.11. The summed E-state index contributed by atoms with van der Waals surface area (Å²) in [7, 11) is 0. The van der Waals surface area contributed by atoms with Crippen molar-refractivity contribution in [2.24, 2.45) is 0 Å². The molecular weight excluding hydrogens is 689 g/mol. The largest absolute Gasteiger partial charge is 0.436 e. The van der Waals surface area contributed by atoms with Crippen LogP contribution in [-0.4, -0.2) is 19.9 Å². The van der Waals surface area contributed by atoms with Crippen molar-refractivity contribution in [3.05, 3.63) is 158 Å². The van der Waals surface area contributed by atoms with Crippen molar-refractivity contribution in [1.29, 1.82) is 0 Å². The Bertz CT molecular complexity index is 3160. The van der Waals surface area contributed by atoms with E-state index in [4.69, 9.17) is 24.4 Å². The van der Waals surface area contributed by atoms with Crippen molar-refractivity contribution in [2.75, 3.05) is 0 Å². The Balaban J connectivity index is 1.09.